The summed E-state index contributed by atoms with van der Waals surface area (Å²) in [6.45, 7) is 11.3. The number of hydrogen-bond donors (Lipinski definition) is 2. The van der Waals surface area contributed by atoms with Gasteiger partial charge in [0, 0.05) is 98.6 Å². The molecule has 2 aliphatic heterocycles. The zero-order valence-corrected chi connectivity index (χ0v) is 23.8. The van der Waals surface area contributed by atoms with Crippen LogP contribution in [0.2, 0.25) is 0 Å². The summed E-state index contributed by atoms with van der Waals surface area (Å²) in [5.74, 6) is 1.49. The van der Waals surface area contributed by atoms with E-state index in [-0.39, 0.29) is 12.1 Å². The number of hydrogen-bond acceptors (Lipinski definition) is 9. The number of nitrogens with one attached hydrogen (secondary N) is 1. The highest BCUT2D eigenvalue weighted by molar-refractivity contribution is 5.81. The van der Waals surface area contributed by atoms with Crippen molar-refractivity contribution in [2.24, 2.45) is 5.73 Å². The van der Waals surface area contributed by atoms with Gasteiger partial charge in [0.05, 0.1) is 11.9 Å². The van der Waals surface area contributed by atoms with Crippen LogP contribution in [0.4, 0.5) is 17.3 Å². The lowest BCUT2D eigenvalue weighted by molar-refractivity contribution is 0.147. The molecule has 2 aliphatic rings. The fraction of sp³-hybridized carbons (Fsp3) is 0.467. The van der Waals surface area contributed by atoms with Gasteiger partial charge in [-0.3, -0.25) is 9.88 Å². The van der Waals surface area contributed by atoms with E-state index in [9.17, 15) is 0 Å². The zero-order chi connectivity index (χ0) is 27.6. The number of nitrogens with zero attached hydrogens (tertiary/aromatic N) is 8. The number of likely N-dealkylation sites (N-methyl/N-ethyl adjacent to an activating group) is 1. The molecule has 10 heteroatoms. The largest absolute Gasteiger partial charge is 0.369 e. The molecule has 6 rings (SSSR count). The molecule has 4 aromatic heterocycles. The Balaban J connectivity index is 1.27. The van der Waals surface area contributed by atoms with E-state index in [4.69, 9.17) is 20.7 Å². The van der Waals surface area contributed by atoms with Crippen LogP contribution in [-0.2, 0) is 6.54 Å². The van der Waals surface area contributed by atoms with Crippen molar-refractivity contribution in [2.45, 2.75) is 45.3 Å². The number of rotatable bonds is 7. The molecular formula is C30H40N10. The van der Waals surface area contributed by atoms with Gasteiger partial charge in [-0.25, -0.2) is 14.6 Å². The molecule has 4 aromatic rings. The average Bonchev–Trinajstić information content (AvgIpc) is 3.39. The van der Waals surface area contributed by atoms with Gasteiger partial charge in [0.15, 0.2) is 5.65 Å². The SMILES string of the molecule is CC(C)n1ncc2ccc(Nc3cc(N4CCC[C@H](N)C4)c(-c4ccc(CN5CCN(C)CC5)nc4)cn3)nc21. The zero-order valence-electron chi connectivity index (χ0n) is 23.8. The summed E-state index contributed by atoms with van der Waals surface area (Å²) in [7, 11) is 2.18. The monoisotopic (exact) mass is 540 g/mol. The maximum atomic E-state index is 6.40. The minimum Gasteiger partial charge on any atom is -0.369 e. The van der Waals surface area contributed by atoms with Crippen molar-refractivity contribution in [1.29, 1.82) is 0 Å². The Labute approximate surface area is 236 Å². The summed E-state index contributed by atoms with van der Waals surface area (Å²) >= 11 is 0. The topological polar surface area (TPSA) is 104 Å². The summed E-state index contributed by atoms with van der Waals surface area (Å²) < 4.78 is 1.94. The summed E-state index contributed by atoms with van der Waals surface area (Å²) in [4.78, 5) is 21.7. The van der Waals surface area contributed by atoms with Crippen molar-refractivity contribution in [3.05, 3.63) is 54.6 Å². The Kier molecular flexibility index (Phi) is 7.64. The van der Waals surface area contributed by atoms with Crippen LogP contribution < -0.4 is 16.0 Å². The van der Waals surface area contributed by atoms with Crippen LogP contribution in [0.3, 0.4) is 0 Å². The third kappa shape index (κ3) is 5.79. The fourth-order valence-corrected chi connectivity index (χ4v) is 5.64. The molecule has 2 saturated heterocycles. The van der Waals surface area contributed by atoms with Gasteiger partial charge in [0.25, 0.3) is 0 Å². The minimum absolute atomic E-state index is 0.163. The van der Waals surface area contributed by atoms with Gasteiger partial charge in [0.2, 0.25) is 0 Å². The molecule has 0 bridgehead atoms. The molecule has 1 atom stereocenters. The Morgan fingerprint density at radius 1 is 0.975 bits per heavy atom. The van der Waals surface area contributed by atoms with Crippen molar-refractivity contribution >= 4 is 28.4 Å². The van der Waals surface area contributed by atoms with Crippen molar-refractivity contribution in [1.82, 2.24) is 34.5 Å². The van der Waals surface area contributed by atoms with E-state index in [1.165, 1.54) is 0 Å². The molecule has 6 heterocycles. The Morgan fingerprint density at radius 2 is 1.82 bits per heavy atom. The summed E-state index contributed by atoms with van der Waals surface area (Å²) in [5, 5.41) is 8.95. The van der Waals surface area contributed by atoms with Gasteiger partial charge in [0.1, 0.15) is 11.6 Å². The van der Waals surface area contributed by atoms with Gasteiger partial charge in [-0.1, -0.05) is 6.07 Å². The number of nitrogens with two attached hydrogens (primary N) is 1. The molecule has 0 aromatic carbocycles. The van der Waals surface area contributed by atoms with E-state index in [1.807, 2.05) is 35.4 Å². The third-order valence-corrected chi connectivity index (χ3v) is 7.99. The van der Waals surface area contributed by atoms with Crippen LogP contribution in [0.15, 0.2) is 48.9 Å². The molecule has 0 unspecified atom stereocenters. The van der Waals surface area contributed by atoms with E-state index in [2.05, 4.69) is 64.2 Å². The van der Waals surface area contributed by atoms with Gasteiger partial charge in [-0.05, 0) is 51.9 Å². The quantitative estimate of drug-likeness (QED) is 0.361. The van der Waals surface area contributed by atoms with E-state index in [0.29, 0.717) is 0 Å². The van der Waals surface area contributed by atoms with Crippen LogP contribution in [-0.4, -0.2) is 86.9 Å². The fourth-order valence-electron chi connectivity index (χ4n) is 5.64. The lowest BCUT2D eigenvalue weighted by Crippen LogP contribution is -2.44. The highest BCUT2D eigenvalue weighted by atomic mass is 15.3. The molecule has 0 radical (unpaired) electrons. The van der Waals surface area contributed by atoms with E-state index < -0.39 is 0 Å². The second kappa shape index (κ2) is 11.5. The Bertz CT molecular complexity index is 1440. The highest BCUT2D eigenvalue weighted by Gasteiger charge is 2.22. The van der Waals surface area contributed by atoms with Gasteiger partial charge < -0.3 is 20.9 Å². The van der Waals surface area contributed by atoms with E-state index in [0.717, 1.165) is 104 Å². The van der Waals surface area contributed by atoms with Crippen LogP contribution in [0.1, 0.15) is 38.4 Å². The second-order valence-corrected chi connectivity index (χ2v) is 11.5. The Hall–Kier alpha value is -3.60. The summed E-state index contributed by atoms with van der Waals surface area (Å²) in [6.07, 6.45) is 7.93. The number of piperazine rings is 1. The van der Waals surface area contributed by atoms with Crippen molar-refractivity contribution in [3.63, 3.8) is 0 Å². The molecular weight excluding hydrogens is 500 g/mol. The average molecular weight is 541 g/mol. The molecule has 3 N–H and O–H groups in total. The number of fused-ring (bicyclic) bond motifs is 1. The molecule has 210 valence electrons. The summed E-state index contributed by atoms with van der Waals surface area (Å²) in [6, 6.07) is 10.9. The third-order valence-electron chi connectivity index (χ3n) is 7.99. The molecule has 40 heavy (non-hydrogen) atoms. The Morgan fingerprint density at radius 3 is 2.58 bits per heavy atom. The first kappa shape index (κ1) is 26.6. The first-order chi connectivity index (χ1) is 19.4. The van der Waals surface area contributed by atoms with Gasteiger partial charge in [-0.2, -0.15) is 5.10 Å². The molecule has 0 amide bonds. The molecule has 10 nitrogen and oxygen atoms in total. The standard InChI is InChI=1S/C30H40N10/c1-21(2)40-30-23(17-34-40)7-9-28(36-30)35-29-15-27(39-10-4-5-24(31)19-39)26(18-33-29)22-6-8-25(32-16-22)20-38-13-11-37(3)12-14-38/h6-9,15-18,21,24H,4-5,10-14,19-20,31H2,1-3H3,(H,33,35,36)/t24-/m0/s1. The maximum Gasteiger partial charge on any atom is 0.160 e. The van der Waals surface area contributed by atoms with Crippen molar-refractivity contribution < 1.29 is 0 Å². The first-order valence-electron chi connectivity index (χ1n) is 14.4. The number of pyridine rings is 3. The highest BCUT2D eigenvalue weighted by Crippen LogP contribution is 2.34. The second-order valence-electron chi connectivity index (χ2n) is 11.5. The number of aromatic nitrogens is 5. The van der Waals surface area contributed by atoms with Crippen molar-refractivity contribution in [2.75, 3.05) is 56.5 Å². The van der Waals surface area contributed by atoms with E-state index in [1.54, 1.807) is 0 Å². The normalized spacial score (nSPS) is 19.0. The minimum atomic E-state index is 0.163. The lowest BCUT2D eigenvalue weighted by atomic mass is 10.0. The lowest BCUT2D eigenvalue weighted by Gasteiger charge is -2.34. The van der Waals surface area contributed by atoms with Crippen molar-refractivity contribution in [3.8, 4) is 11.1 Å². The van der Waals surface area contributed by atoms with Crippen LogP contribution in [0.5, 0.6) is 0 Å². The molecule has 0 spiro atoms. The molecule has 0 saturated carbocycles. The smallest absolute Gasteiger partial charge is 0.160 e. The molecule has 2 fully saturated rings. The predicted molar refractivity (Wildman–Crippen MR) is 161 cm³/mol. The van der Waals surface area contributed by atoms with Crippen LogP contribution in [0, 0.1) is 0 Å². The van der Waals surface area contributed by atoms with Gasteiger partial charge >= 0.3 is 0 Å². The van der Waals surface area contributed by atoms with E-state index >= 15 is 0 Å². The molecule has 0 aliphatic carbocycles. The predicted octanol–water partition coefficient (Wildman–Crippen LogP) is 3.89. The number of anilines is 3. The van der Waals surface area contributed by atoms with Gasteiger partial charge in [-0.15, -0.1) is 0 Å². The first-order valence-corrected chi connectivity index (χ1v) is 14.4. The van der Waals surface area contributed by atoms with Crippen LogP contribution >= 0.6 is 0 Å². The van der Waals surface area contributed by atoms with Crippen LogP contribution in [0.25, 0.3) is 22.2 Å². The number of piperidine rings is 1. The summed E-state index contributed by atoms with van der Waals surface area (Å²) in [5.41, 5.74) is 11.6. The maximum absolute atomic E-state index is 6.40.